The lowest BCUT2D eigenvalue weighted by Gasteiger charge is -2.36. The second kappa shape index (κ2) is 7.93. The van der Waals surface area contributed by atoms with Gasteiger partial charge in [0.15, 0.2) is 0 Å². The maximum atomic E-state index is 5.81. The number of aromatic nitrogens is 1. The molecule has 0 spiro atoms. The Morgan fingerprint density at radius 3 is 2.96 bits per heavy atom. The Morgan fingerprint density at radius 1 is 1.22 bits per heavy atom. The second-order valence-electron chi connectivity index (χ2n) is 5.98. The first kappa shape index (κ1) is 15.8. The maximum Gasteiger partial charge on any atom is 0.124 e. The highest BCUT2D eigenvalue weighted by Crippen LogP contribution is 2.33. The molecule has 1 aromatic carbocycles. The number of likely N-dealkylation sites (tertiary alicyclic amines) is 1. The highest BCUT2D eigenvalue weighted by atomic mass is 16.5. The van der Waals surface area contributed by atoms with Gasteiger partial charge in [0.1, 0.15) is 12.4 Å². The molecule has 1 aliphatic rings. The van der Waals surface area contributed by atoms with Crippen LogP contribution in [-0.2, 0) is 6.54 Å². The summed E-state index contributed by atoms with van der Waals surface area (Å²) in [5, 5.41) is 0. The van der Waals surface area contributed by atoms with E-state index in [4.69, 9.17) is 4.74 Å². The predicted molar refractivity (Wildman–Crippen MR) is 93.4 cm³/mol. The average Bonchev–Trinajstić information content (AvgIpc) is 2.62. The highest BCUT2D eigenvalue weighted by molar-refractivity contribution is 5.33. The fourth-order valence-electron chi connectivity index (χ4n) is 3.27. The third-order valence-electron chi connectivity index (χ3n) is 4.39. The van der Waals surface area contributed by atoms with Crippen LogP contribution in [0.5, 0.6) is 5.75 Å². The van der Waals surface area contributed by atoms with Crippen LogP contribution in [0.15, 0.2) is 61.4 Å². The Balaban J connectivity index is 1.78. The van der Waals surface area contributed by atoms with Crippen LogP contribution < -0.4 is 4.74 Å². The topological polar surface area (TPSA) is 25.4 Å². The van der Waals surface area contributed by atoms with Crippen molar-refractivity contribution in [3.05, 3.63) is 72.6 Å². The number of benzene rings is 1. The molecule has 23 heavy (non-hydrogen) atoms. The summed E-state index contributed by atoms with van der Waals surface area (Å²) in [7, 11) is 0. The summed E-state index contributed by atoms with van der Waals surface area (Å²) >= 11 is 0. The lowest BCUT2D eigenvalue weighted by atomic mass is 9.95. The fraction of sp³-hybridized carbons (Fsp3) is 0.350. The van der Waals surface area contributed by atoms with Crippen LogP contribution in [0, 0.1) is 0 Å². The van der Waals surface area contributed by atoms with Crippen molar-refractivity contribution in [3.63, 3.8) is 0 Å². The minimum absolute atomic E-state index is 0.449. The summed E-state index contributed by atoms with van der Waals surface area (Å²) < 4.78 is 5.81. The maximum absolute atomic E-state index is 5.81. The number of rotatable bonds is 6. The van der Waals surface area contributed by atoms with Crippen LogP contribution in [0.25, 0.3) is 0 Å². The minimum Gasteiger partial charge on any atom is -0.489 e. The molecule has 2 aromatic rings. The van der Waals surface area contributed by atoms with E-state index >= 15 is 0 Å². The van der Waals surface area contributed by atoms with Crippen LogP contribution in [0.1, 0.15) is 36.4 Å². The number of pyridine rings is 1. The van der Waals surface area contributed by atoms with E-state index in [0.717, 1.165) is 18.8 Å². The van der Waals surface area contributed by atoms with Crippen molar-refractivity contribution >= 4 is 0 Å². The molecule has 0 saturated carbocycles. The first-order valence-corrected chi connectivity index (χ1v) is 8.34. The van der Waals surface area contributed by atoms with Crippen molar-refractivity contribution in [2.24, 2.45) is 0 Å². The Labute approximate surface area is 138 Å². The van der Waals surface area contributed by atoms with Crippen molar-refractivity contribution in [1.29, 1.82) is 0 Å². The van der Waals surface area contributed by atoms with Gasteiger partial charge in [0, 0.05) is 30.5 Å². The number of hydrogen-bond acceptors (Lipinski definition) is 3. The van der Waals surface area contributed by atoms with Gasteiger partial charge in [-0.15, -0.1) is 0 Å². The molecule has 0 amide bonds. The van der Waals surface area contributed by atoms with Gasteiger partial charge in [0.2, 0.25) is 0 Å². The Hall–Kier alpha value is -2.13. The third-order valence-corrected chi connectivity index (χ3v) is 4.39. The van der Waals surface area contributed by atoms with E-state index < -0.39 is 0 Å². The SMILES string of the molecule is C=CCOc1ccccc1CN1CCCC[C@@H]1c1cccnc1. The molecular formula is C20H24N2O. The molecule has 3 heteroatoms. The largest absolute Gasteiger partial charge is 0.489 e. The number of para-hydroxylation sites is 1. The standard InChI is InChI=1S/C20H24N2O/c1-2-14-23-20-11-4-3-8-18(20)16-22-13-6-5-10-19(22)17-9-7-12-21-15-17/h2-4,7-9,11-12,15,19H,1,5-6,10,13-14,16H2/t19-/m1/s1. The Bertz CT molecular complexity index is 627. The molecule has 3 nitrogen and oxygen atoms in total. The van der Waals surface area contributed by atoms with E-state index in [2.05, 4.69) is 34.7 Å². The quantitative estimate of drug-likeness (QED) is 0.741. The zero-order chi connectivity index (χ0) is 15.9. The molecule has 1 atom stereocenters. The van der Waals surface area contributed by atoms with Crippen molar-refractivity contribution in [3.8, 4) is 5.75 Å². The normalized spacial score (nSPS) is 18.5. The molecule has 3 rings (SSSR count). The summed E-state index contributed by atoms with van der Waals surface area (Å²) in [6.07, 6.45) is 9.37. The van der Waals surface area contributed by atoms with Gasteiger partial charge in [-0.05, 0) is 37.1 Å². The monoisotopic (exact) mass is 308 g/mol. The summed E-state index contributed by atoms with van der Waals surface area (Å²) in [6, 6.07) is 13.0. The zero-order valence-corrected chi connectivity index (χ0v) is 13.5. The zero-order valence-electron chi connectivity index (χ0n) is 13.5. The minimum atomic E-state index is 0.449. The Morgan fingerprint density at radius 2 is 2.13 bits per heavy atom. The average molecular weight is 308 g/mol. The van der Waals surface area contributed by atoms with Crippen LogP contribution in [0.4, 0.5) is 0 Å². The molecule has 0 bridgehead atoms. The molecule has 1 fully saturated rings. The second-order valence-corrected chi connectivity index (χ2v) is 5.98. The first-order chi connectivity index (χ1) is 11.4. The smallest absolute Gasteiger partial charge is 0.124 e. The van der Waals surface area contributed by atoms with E-state index in [1.54, 1.807) is 6.08 Å². The van der Waals surface area contributed by atoms with Gasteiger partial charge in [-0.3, -0.25) is 9.88 Å². The third kappa shape index (κ3) is 3.99. The highest BCUT2D eigenvalue weighted by Gasteiger charge is 2.24. The number of piperidine rings is 1. The fourth-order valence-corrected chi connectivity index (χ4v) is 3.27. The molecule has 120 valence electrons. The molecule has 0 unspecified atom stereocenters. The number of ether oxygens (including phenoxy) is 1. The number of nitrogens with zero attached hydrogens (tertiary/aromatic N) is 2. The molecular weight excluding hydrogens is 284 g/mol. The van der Waals surface area contributed by atoms with E-state index in [1.807, 2.05) is 30.6 Å². The predicted octanol–water partition coefficient (Wildman–Crippen LogP) is 4.37. The van der Waals surface area contributed by atoms with Crippen molar-refractivity contribution in [2.75, 3.05) is 13.2 Å². The van der Waals surface area contributed by atoms with E-state index in [-0.39, 0.29) is 0 Å². The van der Waals surface area contributed by atoms with Crippen LogP contribution >= 0.6 is 0 Å². The van der Waals surface area contributed by atoms with Crippen LogP contribution in [0.3, 0.4) is 0 Å². The number of hydrogen-bond donors (Lipinski definition) is 0. The van der Waals surface area contributed by atoms with E-state index in [1.165, 1.54) is 30.4 Å². The van der Waals surface area contributed by atoms with E-state index in [0.29, 0.717) is 12.6 Å². The summed E-state index contributed by atoms with van der Waals surface area (Å²) in [4.78, 5) is 6.85. The van der Waals surface area contributed by atoms with Gasteiger partial charge < -0.3 is 4.74 Å². The molecule has 2 heterocycles. The summed E-state index contributed by atoms with van der Waals surface area (Å²) in [5.74, 6) is 0.961. The molecule has 0 radical (unpaired) electrons. The molecule has 1 saturated heterocycles. The van der Waals surface area contributed by atoms with Gasteiger partial charge >= 0.3 is 0 Å². The molecule has 1 aliphatic heterocycles. The summed E-state index contributed by atoms with van der Waals surface area (Å²) in [6.45, 7) is 6.31. The van der Waals surface area contributed by atoms with Crippen LogP contribution in [0.2, 0.25) is 0 Å². The molecule has 0 N–H and O–H groups in total. The Kier molecular flexibility index (Phi) is 5.43. The molecule has 0 aliphatic carbocycles. The van der Waals surface area contributed by atoms with Gasteiger partial charge in [-0.25, -0.2) is 0 Å². The van der Waals surface area contributed by atoms with Crippen molar-refractivity contribution in [2.45, 2.75) is 31.8 Å². The molecule has 1 aromatic heterocycles. The van der Waals surface area contributed by atoms with E-state index in [9.17, 15) is 0 Å². The van der Waals surface area contributed by atoms with Gasteiger partial charge in [0.25, 0.3) is 0 Å². The van der Waals surface area contributed by atoms with Crippen molar-refractivity contribution < 1.29 is 4.74 Å². The van der Waals surface area contributed by atoms with Crippen LogP contribution in [-0.4, -0.2) is 23.0 Å². The lowest BCUT2D eigenvalue weighted by molar-refractivity contribution is 0.138. The van der Waals surface area contributed by atoms with Gasteiger partial charge in [-0.2, -0.15) is 0 Å². The van der Waals surface area contributed by atoms with Crippen molar-refractivity contribution in [1.82, 2.24) is 9.88 Å². The van der Waals surface area contributed by atoms with Gasteiger partial charge in [0.05, 0.1) is 0 Å². The lowest BCUT2D eigenvalue weighted by Crippen LogP contribution is -2.33. The summed E-state index contributed by atoms with van der Waals surface area (Å²) in [5.41, 5.74) is 2.56. The van der Waals surface area contributed by atoms with Gasteiger partial charge in [-0.1, -0.05) is 43.3 Å². The first-order valence-electron chi connectivity index (χ1n) is 8.34.